The third-order valence-electron chi connectivity index (χ3n) is 2.99. The van der Waals surface area contributed by atoms with Gasteiger partial charge in [0, 0.05) is 12.2 Å². The van der Waals surface area contributed by atoms with Gasteiger partial charge >= 0.3 is 0 Å². The van der Waals surface area contributed by atoms with E-state index in [2.05, 4.69) is 36.8 Å². The molecule has 0 bridgehead atoms. The molecule has 0 aliphatic rings. The molecule has 1 atom stereocenters. The summed E-state index contributed by atoms with van der Waals surface area (Å²) in [6.45, 7) is 9.09. The number of unbranched alkanes of at least 4 members (excludes halogenated alkanes) is 1. The monoisotopic (exact) mass is 232 g/mol. The second-order valence-electron chi connectivity index (χ2n) is 4.23. The van der Waals surface area contributed by atoms with Gasteiger partial charge in [-0.3, -0.25) is 4.98 Å². The third kappa shape index (κ3) is 4.31. The molecule has 0 fully saturated rings. The Bertz CT molecular complexity index is 333. The molecular formula is C15H24N2. The maximum absolute atomic E-state index is 4.56. The maximum Gasteiger partial charge on any atom is 0.0604 e. The molecule has 0 amide bonds. The highest BCUT2D eigenvalue weighted by Crippen LogP contribution is 2.21. The Kier molecular flexibility index (Phi) is 6.56. The van der Waals surface area contributed by atoms with E-state index in [9.17, 15) is 0 Å². The van der Waals surface area contributed by atoms with Crippen molar-refractivity contribution in [2.75, 3.05) is 6.54 Å². The van der Waals surface area contributed by atoms with E-state index >= 15 is 0 Å². The van der Waals surface area contributed by atoms with Gasteiger partial charge in [0.25, 0.3) is 0 Å². The van der Waals surface area contributed by atoms with Crippen molar-refractivity contribution in [2.24, 2.45) is 0 Å². The van der Waals surface area contributed by atoms with Gasteiger partial charge in [0.05, 0.1) is 5.69 Å². The van der Waals surface area contributed by atoms with Crippen LogP contribution in [0.2, 0.25) is 0 Å². The summed E-state index contributed by atoms with van der Waals surface area (Å²) in [5, 5.41) is 3.54. The molecule has 0 saturated carbocycles. The molecule has 1 aromatic rings. The second kappa shape index (κ2) is 8.02. The minimum Gasteiger partial charge on any atom is -0.309 e. The van der Waals surface area contributed by atoms with E-state index in [0.29, 0.717) is 6.04 Å². The first-order chi connectivity index (χ1) is 8.33. The van der Waals surface area contributed by atoms with Crippen LogP contribution in [-0.4, -0.2) is 11.5 Å². The summed E-state index contributed by atoms with van der Waals surface area (Å²) in [7, 11) is 0. The predicted octanol–water partition coefficient (Wildman–Crippen LogP) is 3.65. The van der Waals surface area contributed by atoms with Crippen LogP contribution in [0, 0.1) is 0 Å². The molecular weight excluding hydrogens is 208 g/mol. The van der Waals surface area contributed by atoms with Crippen molar-refractivity contribution >= 4 is 0 Å². The maximum atomic E-state index is 4.56. The lowest BCUT2D eigenvalue weighted by Gasteiger charge is -2.19. The van der Waals surface area contributed by atoms with Crippen LogP contribution in [0.3, 0.4) is 0 Å². The number of rotatable bonds is 8. The zero-order valence-electron chi connectivity index (χ0n) is 11.1. The molecule has 0 saturated heterocycles. The lowest BCUT2D eigenvalue weighted by Crippen LogP contribution is -2.23. The van der Waals surface area contributed by atoms with Crippen LogP contribution >= 0.6 is 0 Å². The van der Waals surface area contributed by atoms with E-state index in [1.165, 1.54) is 17.7 Å². The van der Waals surface area contributed by atoms with Gasteiger partial charge in [-0.15, -0.1) is 6.58 Å². The van der Waals surface area contributed by atoms with E-state index in [0.717, 1.165) is 25.8 Å². The van der Waals surface area contributed by atoms with E-state index < -0.39 is 0 Å². The number of nitrogens with one attached hydrogen (secondary N) is 1. The topological polar surface area (TPSA) is 24.9 Å². The molecule has 0 aromatic carbocycles. The standard InChI is InChI=1S/C15H24N2/c1-4-7-8-11-14(16-6-3)15-13(5-2)10-9-12-17-15/h4,9-10,12,14,16H,1,5-8,11H2,2-3H3. The van der Waals surface area contributed by atoms with Crippen molar-refractivity contribution in [2.45, 2.75) is 45.6 Å². The molecule has 1 N–H and O–H groups in total. The van der Waals surface area contributed by atoms with Crippen LogP contribution < -0.4 is 5.32 Å². The molecule has 0 aliphatic carbocycles. The van der Waals surface area contributed by atoms with Gasteiger partial charge in [0.15, 0.2) is 0 Å². The summed E-state index contributed by atoms with van der Waals surface area (Å²) in [6.07, 6.45) is 8.31. The van der Waals surface area contributed by atoms with Crippen LogP contribution in [0.4, 0.5) is 0 Å². The van der Waals surface area contributed by atoms with Crippen molar-refractivity contribution in [1.82, 2.24) is 10.3 Å². The molecule has 0 aliphatic heterocycles. The van der Waals surface area contributed by atoms with Gasteiger partial charge in [-0.1, -0.05) is 26.0 Å². The fraction of sp³-hybridized carbons (Fsp3) is 0.533. The van der Waals surface area contributed by atoms with Crippen molar-refractivity contribution in [3.63, 3.8) is 0 Å². The van der Waals surface area contributed by atoms with E-state index in [4.69, 9.17) is 0 Å². The molecule has 0 spiro atoms. The Labute approximate surface area is 105 Å². The van der Waals surface area contributed by atoms with Crippen molar-refractivity contribution in [3.8, 4) is 0 Å². The van der Waals surface area contributed by atoms with Crippen LogP contribution in [0.5, 0.6) is 0 Å². The average molecular weight is 232 g/mol. The Morgan fingerprint density at radius 2 is 2.29 bits per heavy atom. The Balaban J connectivity index is 2.76. The van der Waals surface area contributed by atoms with Crippen LogP contribution in [0.1, 0.15) is 50.4 Å². The number of aryl methyl sites for hydroxylation is 1. The van der Waals surface area contributed by atoms with Gasteiger partial charge in [0.2, 0.25) is 0 Å². The molecule has 2 heteroatoms. The lowest BCUT2D eigenvalue weighted by molar-refractivity contribution is 0.486. The minimum absolute atomic E-state index is 0.385. The van der Waals surface area contributed by atoms with E-state index in [1.807, 2.05) is 18.3 Å². The highest BCUT2D eigenvalue weighted by molar-refractivity contribution is 5.22. The first-order valence-corrected chi connectivity index (χ1v) is 6.61. The normalized spacial score (nSPS) is 12.4. The number of allylic oxidation sites excluding steroid dienone is 1. The first kappa shape index (κ1) is 13.9. The summed E-state index contributed by atoms with van der Waals surface area (Å²) in [5.74, 6) is 0. The number of aromatic nitrogens is 1. The van der Waals surface area contributed by atoms with E-state index in [1.54, 1.807) is 0 Å². The highest BCUT2D eigenvalue weighted by Gasteiger charge is 2.14. The molecule has 1 aromatic heterocycles. The summed E-state index contributed by atoms with van der Waals surface area (Å²) < 4.78 is 0. The van der Waals surface area contributed by atoms with Gasteiger partial charge in [0.1, 0.15) is 0 Å². The number of hydrogen-bond acceptors (Lipinski definition) is 2. The van der Waals surface area contributed by atoms with Crippen molar-refractivity contribution in [3.05, 3.63) is 42.2 Å². The summed E-state index contributed by atoms with van der Waals surface area (Å²) >= 11 is 0. The molecule has 2 nitrogen and oxygen atoms in total. The smallest absolute Gasteiger partial charge is 0.0604 e. The molecule has 94 valence electrons. The quantitative estimate of drug-likeness (QED) is 0.546. The molecule has 1 rings (SSSR count). The van der Waals surface area contributed by atoms with E-state index in [-0.39, 0.29) is 0 Å². The van der Waals surface area contributed by atoms with Crippen molar-refractivity contribution < 1.29 is 0 Å². The van der Waals surface area contributed by atoms with Crippen LogP contribution in [-0.2, 0) is 6.42 Å². The Morgan fingerprint density at radius 3 is 2.94 bits per heavy atom. The number of hydrogen-bond donors (Lipinski definition) is 1. The zero-order valence-corrected chi connectivity index (χ0v) is 11.1. The number of pyridine rings is 1. The fourth-order valence-corrected chi connectivity index (χ4v) is 2.11. The molecule has 1 unspecified atom stereocenters. The highest BCUT2D eigenvalue weighted by atomic mass is 14.9. The molecule has 17 heavy (non-hydrogen) atoms. The summed E-state index contributed by atoms with van der Waals surface area (Å²) in [5.41, 5.74) is 2.58. The van der Waals surface area contributed by atoms with Gasteiger partial charge < -0.3 is 5.32 Å². The average Bonchev–Trinajstić information content (AvgIpc) is 2.38. The lowest BCUT2D eigenvalue weighted by atomic mass is 10.00. The third-order valence-corrected chi connectivity index (χ3v) is 2.99. The van der Waals surface area contributed by atoms with Gasteiger partial charge in [-0.25, -0.2) is 0 Å². The van der Waals surface area contributed by atoms with Gasteiger partial charge in [-0.05, 0) is 43.9 Å². The number of nitrogens with zero attached hydrogens (tertiary/aromatic N) is 1. The zero-order chi connectivity index (χ0) is 12.5. The molecule has 0 radical (unpaired) electrons. The largest absolute Gasteiger partial charge is 0.309 e. The van der Waals surface area contributed by atoms with Crippen molar-refractivity contribution in [1.29, 1.82) is 0 Å². The van der Waals surface area contributed by atoms with Crippen LogP contribution in [0.15, 0.2) is 31.0 Å². The predicted molar refractivity (Wildman–Crippen MR) is 74.1 cm³/mol. The molecule has 1 heterocycles. The summed E-state index contributed by atoms with van der Waals surface area (Å²) in [4.78, 5) is 4.56. The second-order valence-corrected chi connectivity index (χ2v) is 4.23. The Morgan fingerprint density at radius 1 is 1.47 bits per heavy atom. The SMILES string of the molecule is C=CCCCC(NCC)c1ncccc1CC. The first-order valence-electron chi connectivity index (χ1n) is 6.61. The fourth-order valence-electron chi connectivity index (χ4n) is 2.11. The summed E-state index contributed by atoms with van der Waals surface area (Å²) in [6, 6.07) is 4.59. The Hall–Kier alpha value is -1.15. The minimum atomic E-state index is 0.385. The van der Waals surface area contributed by atoms with Crippen LogP contribution in [0.25, 0.3) is 0 Å². The van der Waals surface area contributed by atoms with Gasteiger partial charge in [-0.2, -0.15) is 0 Å².